The first-order valence-electron chi connectivity index (χ1n) is 9.32. The van der Waals surface area contributed by atoms with Crippen LogP contribution in [0.25, 0.3) is 0 Å². The number of nitrogens with two attached hydrogens (primary N) is 2. The van der Waals surface area contributed by atoms with Crippen LogP contribution in [0.3, 0.4) is 0 Å². The number of allylic oxidation sites excluding steroid dienone is 1. The first kappa shape index (κ1) is 22.1. The lowest BCUT2D eigenvalue weighted by molar-refractivity contribution is 0.122. The minimum absolute atomic E-state index is 0.0324. The number of aliphatic imine (C=N–C) groups is 1. The van der Waals surface area contributed by atoms with E-state index >= 15 is 0 Å². The average molecular weight is 404 g/mol. The van der Waals surface area contributed by atoms with Gasteiger partial charge in [0.2, 0.25) is 0 Å². The number of halogens is 2. The largest absolute Gasteiger partial charge is 0.488 e. The predicted octanol–water partition coefficient (Wildman–Crippen LogP) is 3.11. The predicted molar refractivity (Wildman–Crippen MR) is 109 cm³/mol. The van der Waals surface area contributed by atoms with E-state index in [0.29, 0.717) is 24.5 Å². The van der Waals surface area contributed by atoms with Crippen molar-refractivity contribution < 1.29 is 13.5 Å². The molecule has 1 aliphatic rings. The van der Waals surface area contributed by atoms with Crippen LogP contribution in [0.1, 0.15) is 38.7 Å². The van der Waals surface area contributed by atoms with Crippen LogP contribution in [0.15, 0.2) is 29.0 Å². The summed E-state index contributed by atoms with van der Waals surface area (Å²) >= 11 is 0. The first-order valence-corrected chi connectivity index (χ1v) is 9.32. The number of nitrogens with one attached hydrogen (secondary N) is 1. The van der Waals surface area contributed by atoms with Gasteiger partial charge in [-0.05, 0) is 26.0 Å². The van der Waals surface area contributed by atoms with E-state index in [0.717, 1.165) is 12.4 Å². The molecule has 0 spiro atoms. The molecule has 156 valence electrons. The highest BCUT2D eigenvalue weighted by atomic mass is 19.1. The number of likely N-dealkylation sites (tertiary alicyclic amines) is 1. The van der Waals surface area contributed by atoms with Gasteiger partial charge < -0.3 is 26.5 Å². The minimum atomic E-state index is -1.82. The quantitative estimate of drug-likeness (QED) is 0.366. The van der Waals surface area contributed by atoms with Crippen LogP contribution in [-0.4, -0.2) is 41.8 Å². The van der Waals surface area contributed by atoms with E-state index in [2.05, 4.69) is 4.99 Å². The van der Waals surface area contributed by atoms with E-state index in [-0.39, 0.29) is 42.5 Å². The molecule has 2 rings (SSSR count). The van der Waals surface area contributed by atoms with E-state index < -0.39 is 11.5 Å². The Bertz CT molecular complexity index is 851. The number of alkyl halides is 1. The van der Waals surface area contributed by atoms with Crippen molar-refractivity contribution in [3.8, 4) is 11.8 Å². The van der Waals surface area contributed by atoms with E-state index in [1.54, 1.807) is 26.0 Å². The Hall–Kier alpha value is -3.15. The molecule has 0 radical (unpaired) electrons. The number of nitrogens with zero attached hydrogens (tertiary/aromatic N) is 3. The molecule has 1 aromatic carbocycles. The fraction of sp³-hybridized carbons (Fsp3) is 0.450. The van der Waals surface area contributed by atoms with Gasteiger partial charge in [-0.15, -0.1) is 0 Å². The Morgan fingerprint density at radius 1 is 1.45 bits per heavy atom. The molecule has 0 atom stereocenters. The molecule has 29 heavy (non-hydrogen) atoms. The molecule has 0 amide bonds. The number of benzene rings is 1. The van der Waals surface area contributed by atoms with Crippen molar-refractivity contribution in [2.24, 2.45) is 10.7 Å². The highest BCUT2D eigenvalue weighted by Crippen LogP contribution is 2.29. The van der Waals surface area contributed by atoms with Crippen molar-refractivity contribution in [1.29, 1.82) is 10.7 Å². The lowest BCUT2D eigenvalue weighted by Crippen LogP contribution is -2.40. The van der Waals surface area contributed by atoms with E-state index in [4.69, 9.17) is 26.9 Å². The Labute approximate surface area is 169 Å². The molecular formula is C20H26F2N6O. The standard InChI is InChI=1S/C20H26F2N6O/c1-13(2)29-18-9-14(17(26)10-15(18)21)16(25)3-4-19(27-12-24)28-7-5-20(22,11-23)6-8-28/h4,9-10,12-13,25H,3,5-8,26H2,1-2H3,(H2,24,27)/b19-4+,25-16?. The zero-order valence-corrected chi connectivity index (χ0v) is 16.6. The number of hydrogen-bond donors (Lipinski definition) is 3. The summed E-state index contributed by atoms with van der Waals surface area (Å²) in [6, 6.07) is 4.26. The van der Waals surface area contributed by atoms with Crippen LogP contribution >= 0.6 is 0 Å². The Morgan fingerprint density at radius 3 is 2.66 bits per heavy atom. The normalized spacial score (nSPS) is 16.8. The molecule has 0 saturated carbocycles. The highest BCUT2D eigenvalue weighted by Gasteiger charge is 2.35. The van der Waals surface area contributed by atoms with Gasteiger partial charge in [0.25, 0.3) is 0 Å². The highest BCUT2D eigenvalue weighted by molar-refractivity contribution is 6.03. The Balaban J connectivity index is 2.18. The number of nitriles is 1. The Kier molecular flexibility index (Phi) is 7.15. The van der Waals surface area contributed by atoms with Gasteiger partial charge in [-0.25, -0.2) is 13.8 Å². The number of nitrogen functional groups attached to an aromatic ring is 1. The van der Waals surface area contributed by atoms with Gasteiger partial charge in [0, 0.05) is 55.4 Å². The van der Waals surface area contributed by atoms with Crippen LogP contribution < -0.4 is 16.2 Å². The van der Waals surface area contributed by atoms with Crippen molar-refractivity contribution in [3.05, 3.63) is 35.4 Å². The van der Waals surface area contributed by atoms with Crippen molar-refractivity contribution in [1.82, 2.24) is 4.90 Å². The van der Waals surface area contributed by atoms with Crippen molar-refractivity contribution in [3.63, 3.8) is 0 Å². The van der Waals surface area contributed by atoms with Crippen LogP contribution in [0, 0.1) is 22.6 Å². The molecule has 1 aromatic rings. The maximum absolute atomic E-state index is 14.1. The third-order valence-corrected chi connectivity index (χ3v) is 4.57. The fourth-order valence-electron chi connectivity index (χ4n) is 3.02. The summed E-state index contributed by atoms with van der Waals surface area (Å²) in [6.45, 7) is 4.17. The third kappa shape index (κ3) is 5.67. The molecule has 1 heterocycles. The molecule has 0 unspecified atom stereocenters. The van der Waals surface area contributed by atoms with Gasteiger partial charge in [-0.2, -0.15) is 5.26 Å². The summed E-state index contributed by atoms with van der Waals surface area (Å²) in [6.07, 6.45) is 2.86. The van der Waals surface area contributed by atoms with E-state index in [1.807, 2.05) is 4.90 Å². The number of piperidine rings is 1. The lowest BCUT2D eigenvalue weighted by Gasteiger charge is -2.33. The molecule has 7 nitrogen and oxygen atoms in total. The van der Waals surface area contributed by atoms with Crippen LogP contribution in [0.2, 0.25) is 0 Å². The smallest absolute Gasteiger partial charge is 0.199 e. The summed E-state index contributed by atoms with van der Waals surface area (Å²) in [5.74, 6) is -0.0706. The van der Waals surface area contributed by atoms with Crippen molar-refractivity contribution >= 4 is 17.7 Å². The Morgan fingerprint density at radius 2 is 2.10 bits per heavy atom. The van der Waals surface area contributed by atoms with Gasteiger partial charge >= 0.3 is 0 Å². The molecule has 0 aliphatic carbocycles. The average Bonchev–Trinajstić information content (AvgIpc) is 2.67. The number of rotatable bonds is 7. The van der Waals surface area contributed by atoms with Crippen LogP contribution in [0.5, 0.6) is 5.75 Å². The summed E-state index contributed by atoms with van der Waals surface area (Å²) in [7, 11) is 0. The minimum Gasteiger partial charge on any atom is -0.488 e. The fourth-order valence-corrected chi connectivity index (χ4v) is 3.02. The summed E-state index contributed by atoms with van der Waals surface area (Å²) < 4.78 is 33.6. The van der Waals surface area contributed by atoms with Gasteiger partial charge in [-0.3, -0.25) is 0 Å². The van der Waals surface area contributed by atoms with Gasteiger partial charge in [0.15, 0.2) is 17.2 Å². The van der Waals surface area contributed by atoms with Gasteiger partial charge in [0.1, 0.15) is 11.9 Å². The van der Waals surface area contributed by atoms with Crippen LogP contribution in [0.4, 0.5) is 14.5 Å². The first-order chi connectivity index (χ1) is 13.7. The zero-order chi connectivity index (χ0) is 21.6. The van der Waals surface area contributed by atoms with Gasteiger partial charge in [0.05, 0.1) is 12.4 Å². The van der Waals surface area contributed by atoms with Crippen molar-refractivity contribution in [2.45, 2.75) is 44.9 Å². The number of ether oxygens (including phenoxy) is 1. The lowest BCUT2D eigenvalue weighted by atomic mass is 9.95. The summed E-state index contributed by atoms with van der Waals surface area (Å²) in [5.41, 5.74) is 10.1. The van der Waals surface area contributed by atoms with Crippen LogP contribution in [-0.2, 0) is 0 Å². The maximum Gasteiger partial charge on any atom is 0.199 e. The molecular weight excluding hydrogens is 378 g/mol. The van der Waals surface area contributed by atoms with E-state index in [9.17, 15) is 8.78 Å². The van der Waals surface area contributed by atoms with Crippen molar-refractivity contribution in [2.75, 3.05) is 18.8 Å². The molecule has 0 bridgehead atoms. The molecule has 1 saturated heterocycles. The second kappa shape index (κ2) is 9.37. The summed E-state index contributed by atoms with van der Waals surface area (Å²) in [5, 5.41) is 17.3. The molecule has 1 aliphatic heterocycles. The molecule has 5 N–H and O–H groups in total. The number of anilines is 1. The molecule has 0 aromatic heterocycles. The second-order valence-corrected chi connectivity index (χ2v) is 7.12. The monoisotopic (exact) mass is 404 g/mol. The maximum atomic E-state index is 14.1. The molecule has 1 fully saturated rings. The summed E-state index contributed by atoms with van der Waals surface area (Å²) in [4.78, 5) is 5.91. The topological polar surface area (TPSA) is 125 Å². The van der Waals surface area contributed by atoms with E-state index in [1.165, 1.54) is 6.07 Å². The SMILES string of the molecule is CC(C)Oc1cc(C(=N)C/C=C(\N=C/N)N2CCC(F)(C#N)CC2)c(N)cc1F. The zero-order valence-electron chi connectivity index (χ0n) is 16.6. The molecule has 9 heteroatoms. The number of hydrogen-bond acceptors (Lipinski definition) is 6. The second-order valence-electron chi connectivity index (χ2n) is 7.12. The third-order valence-electron chi connectivity index (χ3n) is 4.57. The van der Waals surface area contributed by atoms with Gasteiger partial charge in [-0.1, -0.05) is 0 Å².